The van der Waals surface area contributed by atoms with Crippen molar-refractivity contribution in [3.05, 3.63) is 28.8 Å². The van der Waals surface area contributed by atoms with E-state index in [4.69, 9.17) is 16.0 Å². The third kappa shape index (κ3) is 2.43. The fourth-order valence-corrected chi connectivity index (χ4v) is 2.54. The number of benzene rings is 1. The Hall–Kier alpha value is -2.09. The summed E-state index contributed by atoms with van der Waals surface area (Å²) in [5.74, 6) is -1.67. The van der Waals surface area contributed by atoms with Gasteiger partial charge in [-0.25, -0.2) is 13.2 Å². The molecule has 0 saturated heterocycles. The summed E-state index contributed by atoms with van der Waals surface area (Å²) in [6, 6.07) is 2.29. The first-order chi connectivity index (χ1) is 8.20. The second-order valence-corrected chi connectivity index (χ2v) is 5.66. The number of rotatable bonds is 3. The Kier molecular flexibility index (Phi) is 3.61. The molecule has 98 valence electrons. The maximum absolute atomic E-state index is 11.6. The summed E-state index contributed by atoms with van der Waals surface area (Å²) in [7, 11) is -3.62. The minimum Gasteiger partial charge on any atom is -0.478 e. The minimum absolute atomic E-state index is 0.0973. The van der Waals surface area contributed by atoms with Crippen molar-refractivity contribution in [1.29, 1.82) is 0 Å². The van der Waals surface area contributed by atoms with E-state index >= 15 is 0 Å². The van der Waals surface area contributed by atoms with Gasteiger partial charge in [0.25, 0.3) is 0 Å². The largest absolute Gasteiger partial charge is 0.478 e. The van der Waals surface area contributed by atoms with Crippen LogP contribution in [0.15, 0.2) is 22.2 Å². The SMILES string of the molecule is Cc1c(C(=O)O)ccc(S(C)(=O)=O)c1C(N)=NO. The fourth-order valence-electron chi connectivity index (χ4n) is 1.60. The van der Waals surface area contributed by atoms with Gasteiger partial charge < -0.3 is 16.0 Å². The van der Waals surface area contributed by atoms with Crippen LogP contribution in [0.5, 0.6) is 0 Å². The molecule has 0 fully saturated rings. The van der Waals surface area contributed by atoms with Crippen LogP contribution in [0, 0.1) is 6.92 Å². The first kappa shape index (κ1) is 14.0. The summed E-state index contributed by atoms with van der Waals surface area (Å²) >= 11 is 0. The van der Waals surface area contributed by atoms with E-state index in [0.717, 1.165) is 12.3 Å². The Morgan fingerprint density at radius 3 is 2.33 bits per heavy atom. The third-order valence-corrected chi connectivity index (χ3v) is 3.56. The molecule has 0 unspecified atom stereocenters. The van der Waals surface area contributed by atoms with Crippen molar-refractivity contribution in [3.8, 4) is 0 Å². The monoisotopic (exact) mass is 272 g/mol. The zero-order valence-electron chi connectivity index (χ0n) is 9.71. The number of hydrogen-bond donors (Lipinski definition) is 3. The molecular weight excluding hydrogens is 260 g/mol. The van der Waals surface area contributed by atoms with Crippen LogP contribution in [-0.4, -0.2) is 36.8 Å². The van der Waals surface area contributed by atoms with Gasteiger partial charge in [-0.1, -0.05) is 5.16 Å². The molecule has 18 heavy (non-hydrogen) atoms. The highest BCUT2D eigenvalue weighted by Crippen LogP contribution is 2.22. The molecule has 7 nitrogen and oxygen atoms in total. The normalized spacial score (nSPS) is 12.4. The molecular formula is C10H12N2O5S. The molecule has 0 radical (unpaired) electrons. The number of carbonyl (C=O) groups is 1. The fraction of sp³-hybridized carbons (Fsp3) is 0.200. The van der Waals surface area contributed by atoms with Crippen LogP contribution in [0.3, 0.4) is 0 Å². The van der Waals surface area contributed by atoms with Crippen molar-refractivity contribution in [3.63, 3.8) is 0 Å². The van der Waals surface area contributed by atoms with Crippen molar-refractivity contribution < 1.29 is 23.5 Å². The number of nitrogens with two attached hydrogens (primary N) is 1. The van der Waals surface area contributed by atoms with Crippen molar-refractivity contribution in [2.45, 2.75) is 11.8 Å². The van der Waals surface area contributed by atoms with Gasteiger partial charge in [0.05, 0.1) is 10.5 Å². The van der Waals surface area contributed by atoms with Gasteiger partial charge in [-0.05, 0) is 24.6 Å². The van der Waals surface area contributed by atoms with E-state index in [9.17, 15) is 13.2 Å². The lowest BCUT2D eigenvalue weighted by Crippen LogP contribution is -2.20. The summed E-state index contributed by atoms with van der Waals surface area (Å²) in [6.45, 7) is 1.39. The van der Waals surface area contributed by atoms with E-state index < -0.39 is 21.6 Å². The van der Waals surface area contributed by atoms with Gasteiger partial charge in [0.1, 0.15) is 0 Å². The molecule has 0 aliphatic carbocycles. The van der Waals surface area contributed by atoms with Crippen LogP contribution in [0.25, 0.3) is 0 Å². The van der Waals surface area contributed by atoms with Gasteiger partial charge in [0.2, 0.25) is 0 Å². The van der Waals surface area contributed by atoms with Crippen LogP contribution in [0.1, 0.15) is 21.5 Å². The van der Waals surface area contributed by atoms with Crippen molar-refractivity contribution in [1.82, 2.24) is 0 Å². The lowest BCUT2D eigenvalue weighted by atomic mass is 10.0. The number of aromatic carboxylic acids is 1. The number of sulfone groups is 1. The van der Waals surface area contributed by atoms with E-state index in [0.29, 0.717) is 0 Å². The first-order valence-electron chi connectivity index (χ1n) is 4.75. The van der Waals surface area contributed by atoms with Crippen LogP contribution < -0.4 is 5.73 Å². The molecule has 0 aliphatic rings. The molecule has 8 heteroatoms. The van der Waals surface area contributed by atoms with Gasteiger partial charge in [0, 0.05) is 11.8 Å². The van der Waals surface area contributed by atoms with E-state index in [1.807, 2.05) is 0 Å². The average molecular weight is 272 g/mol. The maximum atomic E-state index is 11.6. The topological polar surface area (TPSA) is 130 Å². The highest BCUT2D eigenvalue weighted by molar-refractivity contribution is 7.90. The lowest BCUT2D eigenvalue weighted by molar-refractivity contribution is 0.0696. The lowest BCUT2D eigenvalue weighted by Gasteiger charge is -2.12. The quantitative estimate of drug-likeness (QED) is 0.311. The van der Waals surface area contributed by atoms with Gasteiger partial charge in [-0.2, -0.15) is 0 Å². The standard InChI is InChI=1S/C10H12N2O5S/c1-5-6(10(13)14)3-4-7(18(2,16)17)8(5)9(11)12-15/h3-4,15H,1-2H3,(H2,11,12)(H,13,14). The zero-order valence-corrected chi connectivity index (χ0v) is 10.5. The molecule has 0 saturated carbocycles. The molecule has 0 bridgehead atoms. The predicted octanol–water partition coefficient (Wildman–Crippen LogP) is 0.191. The summed E-state index contributed by atoms with van der Waals surface area (Å²) < 4.78 is 23.1. The second-order valence-electron chi connectivity index (χ2n) is 3.67. The van der Waals surface area contributed by atoms with E-state index in [1.165, 1.54) is 13.0 Å². The molecule has 4 N–H and O–H groups in total. The molecule has 1 aromatic rings. The van der Waals surface area contributed by atoms with Crippen LogP contribution in [0.2, 0.25) is 0 Å². The second kappa shape index (κ2) is 4.65. The van der Waals surface area contributed by atoms with Crippen LogP contribution in [-0.2, 0) is 9.84 Å². The van der Waals surface area contributed by atoms with Gasteiger partial charge in [-0.3, -0.25) is 0 Å². The Labute approximate surface area is 103 Å². The summed E-state index contributed by atoms with van der Waals surface area (Å²) in [6.07, 6.45) is 0.955. The molecule has 0 amide bonds. The Bertz CT molecular complexity index is 634. The van der Waals surface area contributed by atoms with Gasteiger partial charge in [0.15, 0.2) is 15.7 Å². The average Bonchev–Trinajstić information content (AvgIpc) is 2.25. The molecule has 0 aromatic heterocycles. The predicted molar refractivity (Wildman–Crippen MR) is 63.8 cm³/mol. The maximum Gasteiger partial charge on any atom is 0.335 e. The van der Waals surface area contributed by atoms with Crippen LogP contribution >= 0.6 is 0 Å². The number of amidine groups is 1. The molecule has 1 rings (SSSR count). The molecule has 0 atom stereocenters. The number of oxime groups is 1. The smallest absolute Gasteiger partial charge is 0.335 e. The summed E-state index contributed by atoms with van der Waals surface area (Å²) in [4.78, 5) is 10.8. The molecule has 1 aromatic carbocycles. The van der Waals surface area contributed by atoms with Crippen LogP contribution in [0.4, 0.5) is 0 Å². The molecule has 0 aliphatic heterocycles. The summed E-state index contributed by atoms with van der Waals surface area (Å²) in [5, 5.41) is 20.3. The highest BCUT2D eigenvalue weighted by Gasteiger charge is 2.22. The van der Waals surface area contributed by atoms with E-state index in [-0.39, 0.29) is 21.6 Å². The molecule has 0 heterocycles. The van der Waals surface area contributed by atoms with Crippen molar-refractivity contribution in [2.24, 2.45) is 10.9 Å². The minimum atomic E-state index is -3.62. The van der Waals surface area contributed by atoms with Crippen molar-refractivity contribution >= 4 is 21.6 Å². The summed E-state index contributed by atoms with van der Waals surface area (Å²) in [5.41, 5.74) is 5.33. The highest BCUT2D eigenvalue weighted by atomic mass is 32.2. The number of carboxylic acids is 1. The Balaban J connectivity index is 3.79. The van der Waals surface area contributed by atoms with Gasteiger partial charge >= 0.3 is 5.97 Å². The number of nitrogens with zero attached hydrogens (tertiary/aromatic N) is 1. The zero-order chi connectivity index (χ0) is 14.1. The van der Waals surface area contributed by atoms with Crippen molar-refractivity contribution in [2.75, 3.05) is 6.26 Å². The Morgan fingerprint density at radius 1 is 1.39 bits per heavy atom. The molecule has 0 spiro atoms. The third-order valence-electron chi connectivity index (χ3n) is 2.42. The van der Waals surface area contributed by atoms with E-state index in [2.05, 4.69) is 5.16 Å². The van der Waals surface area contributed by atoms with E-state index in [1.54, 1.807) is 0 Å². The van der Waals surface area contributed by atoms with Gasteiger partial charge in [-0.15, -0.1) is 0 Å². The number of carboxylic acid groups (broad SMARTS) is 1. The Morgan fingerprint density at radius 2 is 1.94 bits per heavy atom. The number of hydrogen-bond acceptors (Lipinski definition) is 5. The first-order valence-corrected chi connectivity index (χ1v) is 6.64.